The van der Waals surface area contributed by atoms with Crippen molar-refractivity contribution in [2.75, 3.05) is 13.3 Å². The minimum absolute atomic E-state index is 0.0495. The van der Waals surface area contributed by atoms with Crippen molar-refractivity contribution in [1.82, 2.24) is 9.80 Å². The molecule has 0 N–H and O–H groups in total. The van der Waals surface area contributed by atoms with Crippen LogP contribution in [0.2, 0.25) is 5.02 Å². The second-order valence-electron chi connectivity index (χ2n) is 7.18. The third kappa shape index (κ3) is 4.79. The molecule has 1 aliphatic rings. The lowest BCUT2D eigenvalue weighted by Crippen LogP contribution is -2.55. The second-order valence-corrected chi connectivity index (χ2v) is 7.62. The Morgan fingerprint density at radius 2 is 1.97 bits per heavy atom. The molecule has 0 saturated carbocycles. The summed E-state index contributed by atoms with van der Waals surface area (Å²) in [5.41, 5.74) is 1.11. The van der Waals surface area contributed by atoms with Crippen LogP contribution in [0.5, 0.6) is 5.75 Å². The number of carbonyl (C=O) groups excluding carboxylic acids is 1. The molecule has 0 radical (unpaired) electrons. The summed E-state index contributed by atoms with van der Waals surface area (Å²) in [5, 5.41) is 11.5. The first-order valence-electron chi connectivity index (χ1n) is 9.37. The molecule has 3 rings (SSSR count). The highest BCUT2D eigenvalue weighted by molar-refractivity contribution is 6.30. The highest BCUT2D eigenvalue weighted by Gasteiger charge is 2.34. The van der Waals surface area contributed by atoms with Crippen LogP contribution >= 0.6 is 11.6 Å². The number of hydrogen-bond donors (Lipinski definition) is 0. The van der Waals surface area contributed by atoms with Gasteiger partial charge in [0.05, 0.1) is 11.0 Å². The lowest BCUT2D eigenvalue weighted by Gasteiger charge is -2.45. The van der Waals surface area contributed by atoms with Gasteiger partial charge in [-0.25, -0.2) is 9.18 Å². The number of benzene rings is 2. The summed E-state index contributed by atoms with van der Waals surface area (Å²) in [6, 6.07) is 9.99. The zero-order chi connectivity index (χ0) is 21.8. The number of halogens is 2. The normalized spacial score (nSPS) is 19.5. The van der Waals surface area contributed by atoms with E-state index in [1.807, 2.05) is 29.6 Å². The van der Waals surface area contributed by atoms with Crippen LogP contribution in [0.1, 0.15) is 19.4 Å². The zero-order valence-corrected chi connectivity index (χ0v) is 17.3. The van der Waals surface area contributed by atoms with E-state index >= 15 is 0 Å². The molecule has 1 heterocycles. The number of nitro groups is 1. The van der Waals surface area contributed by atoms with Gasteiger partial charge in [0.25, 0.3) is 0 Å². The molecular weight excluding hydrogens is 413 g/mol. The van der Waals surface area contributed by atoms with Crippen LogP contribution in [0, 0.1) is 15.9 Å². The fourth-order valence-electron chi connectivity index (χ4n) is 3.49. The van der Waals surface area contributed by atoms with Gasteiger partial charge in [-0.3, -0.25) is 15.0 Å². The Bertz CT molecular complexity index is 979. The molecule has 2 aromatic carbocycles. The van der Waals surface area contributed by atoms with E-state index in [0.717, 1.165) is 5.56 Å². The van der Waals surface area contributed by atoms with Gasteiger partial charge < -0.3 is 9.64 Å². The summed E-state index contributed by atoms with van der Waals surface area (Å²) in [5.74, 6) is 1.82. The summed E-state index contributed by atoms with van der Waals surface area (Å²) in [4.78, 5) is 26.3. The molecule has 0 aromatic heterocycles. The van der Waals surface area contributed by atoms with Crippen LogP contribution < -0.4 is 4.74 Å². The molecule has 9 heteroatoms. The van der Waals surface area contributed by atoms with Crippen LogP contribution in [-0.2, 0) is 11.3 Å². The molecule has 0 aliphatic carbocycles. The van der Waals surface area contributed by atoms with Crippen molar-refractivity contribution in [2.24, 2.45) is 0 Å². The van der Waals surface area contributed by atoms with E-state index in [9.17, 15) is 19.3 Å². The monoisotopic (exact) mass is 433 g/mol. The Hall–Kier alpha value is -2.93. The Kier molecular flexibility index (Phi) is 6.72. The molecule has 1 fully saturated rings. The van der Waals surface area contributed by atoms with E-state index in [4.69, 9.17) is 16.3 Å². The van der Waals surface area contributed by atoms with Gasteiger partial charge in [0.2, 0.25) is 0 Å². The molecule has 7 nitrogen and oxygen atoms in total. The standard InChI is InChI=1S/C21H21ClFN3O4/c1-14-10-24(13-30-21-8-5-17(22)9-19(21)26(28)29)15(2)20(12-27)25(14)11-16-3-6-18(23)7-4-16/h3-9,14-15H,10-11,13H2,1-2H3/t14-,15+/m1/s1. The quantitative estimate of drug-likeness (QED) is 0.389. The molecule has 0 unspecified atom stereocenters. The molecule has 0 bridgehead atoms. The molecule has 2 aromatic rings. The molecule has 30 heavy (non-hydrogen) atoms. The van der Waals surface area contributed by atoms with Gasteiger partial charge in [-0.2, -0.15) is 0 Å². The van der Waals surface area contributed by atoms with Crippen molar-refractivity contribution in [1.29, 1.82) is 0 Å². The average molecular weight is 434 g/mol. The van der Waals surface area contributed by atoms with Crippen molar-refractivity contribution in [3.05, 3.63) is 74.7 Å². The fraction of sp³-hybridized carbons (Fsp3) is 0.333. The first kappa shape index (κ1) is 21.8. The largest absolute Gasteiger partial charge is 0.471 e. The van der Waals surface area contributed by atoms with E-state index in [0.29, 0.717) is 18.8 Å². The van der Waals surface area contributed by atoms with Crippen LogP contribution in [-0.4, -0.2) is 46.0 Å². The molecule has 0 spiro atoms. The van der Waals surface area contributed by atoms with E-state index in [1.165, 1.54) is 30.3 Å². The summed E-state index contributed by atoms with van der Waals surface area (Å²) < 4.78 is 18.9. The van der Waals surface area contributed by atoms with Crippen molar-refractivity contribution < 1.29 is 18.8 Å². The Labute approximate surface area is 178 Å². The highest BCUT2D eigenvalue weighted by Crippen LogP contribution is 2.31. The van der Waals surface area contributed by atoms with Gasteiger partial charge in [0, 0.05) is 30.2 Å². The number of rotatable bonds is 6. The highest BCUT2D eigenvalue weighted by atomic mass is 35.5. The van der Waals surface area contributed by atoms with E-state index in [1.54, 1.807) is 12.1 Å². The average Bonchev–Trinajstić information content (AvgIpc) is 2.71. The zero-order valence-electron chi connectivity index (χ0n) is 16.5. The Balaban J connectivity index is 1.73. The number of hydrogen-bond acceptors (Lipinski definition) is 6. The van der Waals surface area contributed by atoms with Crippen LogP contribution in [0.15, 0.2) is 48.2 Å². The summed E-state index contributed by atoms with van der Waals surface area (Å²) in [6.07, 6.45) is 0. The van der Waals surface area contributed by atoms with E-state index in [2.05, 4.69) is 0 Å². The van der Waals surface area contributed by atoms with Gasteiger partial charge in [-0.1, -0.05) is 23.7 Å². The van der Waals surface area contributed by atoms with Gasteiger partial charge in [-0.05, 0) is 43.7 Å². The summed E-state index contributed by atoms with van der Waals surface area (Å²) >= 11 is 5.84. The molecule has 1 saturated heterocycles. The first-order chi connectivity index (χ1) is 14.3. The fourth-order valence-corrected chi connectivity index (χ4v) is 3.66. The molecule has 0 amide bonds. The minimum atomic E-state index is -0.551. The van der Waals surface area contributed by atoms with E-state index < -0.39 is 4.92 Å². The van der Waals surface area contributed by atoms with Crippen molar-refractivity contribution >= 4 is 23.2 Å². The van der Waals surface area contributed by atoms with Crippen LogP contribution in [0.25, 0.3) is 0 Å². The van der Waals surface area contributed by atoms with Gasteiger partial charge >= 0.3 is 5.69 Å². The van der Waals surface area contributed by atoms with Crippen molar-refractivity contribution in [3.8, 4) is 5.75 Å². The molecular formula is C21H21ClFN3O4. The minimum Gasteiger partial charge on any atom is -0.471 e. The summed E-state index contributed by atoms with van der Waals surface area (Å²) in [6.45, 7) is 4.89. The third-order valence-electron chi connectivity index (χ3n) is 5.16. The van der Waals surface area contributed by atoms with Crippen LogP contribution in [0.3, 0.4) is 0 Å². The first-order valence-corrected chi connectivity index (χ1v) is 9.74. The summed E-state index contributed by atoms with van der Waals surface area (Å²) in [7, 11) is 0. The van der Waals surface area contributed by atoms with Gasteiger partial charge in [0.15, 0.2) is 5.75 Å². The molecule has 2 atom stereocenters. The number of nitro benzene ring substituents is 1. The number of ether oxygens (including phenoxy) is 1. The second kappa shape index (κ2) is 9.26. The maximum absolute atomic E-state index is 13.2. The predicted molar refractivity (Wildman–Crippen MR) is 110 cm³/mol. The maximum Gasteiger partial charge on any atom is 0.312 e. The topological polar surface area (TPSA) is 75.9 Å². The van der Waals surface area contributed by atoms with Crippen molar-refractivity contribution in [3.63, 3.8) is 0 Å². The van der Waals surface area contributed by atoms with Gasteiger partial charge in [-0.15, -0.1) is 0 Å². The maximum atomic E-state index is 13.2. The van der Waals surface area contributed by atoms with Gasteiger partial charge in [0.1, 0.15) is 24.2 Å². The smallest absolute Gasteiger partial charge is 0.312 e. The number of piperazine rings is 1. The SMILES string of the molecule is C[C@@H]1CN(COc2ccc(Cl)cc2[N+](=O)[O-])[C@@H](C)C(=C=O)N1Cc1ccc(F)cc1. The lowest BCUT2D eigenvalue weighted by molar-refractivity contribution is -0.386. The third-order valence-corrected chi connectivity index (χ3v) is 5.39. The van der Waals surface area contributed by atoms with E-state index in [-0.39, 0.29) is 41.1 Å². The van der Waals surface area contributed by atoms with Crippen molar-refractivity contribution in [2.45, 2.75) is 32.5 Å². The number of nitrogens with zero attached hydrogens (tertiary/aromatic N) is 3. The van der Waals surface area contributed by atoms with Crippen LogP contribution in [0.4, 0.5) is 10.1 Å². The molecule has 1 aliphatic heterocycles. The Morgan fingerprint density at radius 3 is 2.60 bits per heavy atom. The Morgan fingerprint density at radius 1 is 1.27 bits per heavy atom. The molecule has 158 valence electrons. The predicted octanol–water partition coefficient (Wildman–Crippen LogP) is 4.03. The lowest BCUT2D eigenvalue weighted by atomic mass is 10.0.